The van der Waals surface area contributed by atoms with Crippen LogP contribution in [-0.4, -0.2) is 30.7 Å². The standard InChI is InChI=1S/C14H18N2O2S/c15-13(19)11-2-1-3-12(8-11)14(17)16-6-7-18-9-10-4-5-10/h1-3,8,10H,4-7,9H2,(H2,15,19)(H,16,17). The Morgan fingerprint density at radius 1 is 1.42 bits per heavy atom. The molecule has 1 fully saturated rings. The van der Waals surface area contributed by atoms with Gasteiger partial charge in [0.1, 0.15) is 4.99 Å². The molecule has 0 aliphatic heterocycles. The summed E-state index contributed by atoms with van der Waals surface area (Å²) in [5.74, 6) is 0.617. The van der Waals surface area contributed by atoms with Gasteiger partial charge in [0.2, 0.25) is 0 Å². The smallest absolute Gasteiger partial charge is 0.251 e. The molecular formula is C14H18N2O2S. The van der Waals surface area contributed by atoms with Gasteiger partial charge < -0.3 is 15.8 Å². The highest BCUT2D eigenvalue weighted by atomic mass is 32.1. The Kier molecular flexibility index (Phi) is 4.87. The molecule has 0 saturated heterocycles. The minimum Gasteiger partial charge on any atom is -0.389 e. The van der Waals surface area contributed by atoms with Gasteiger partial charge in [0.25, 0.3) is 5.91 Å². The maximum Gasteiger partial charge on any atom is 0.251 e. The van der Waals surface area contributed by atoms with Crippen LogP contribution in [0.3, 0.4) is 0 Å². The van der Waals surface area contributed by atoms with Gasteiger partial charge in [-0.2, -0.15) is 0 Å². The normalized spacial score (nSPS) is 14.1. The predicted octanol–water partition coefficient (Wildman–Crippen LogP) is 1.48. The van der Waals surface area contributed by atoms with E-state index in [1.54, 1.807) is 24.3 Å². The molecule has 3 N–H and O–H groups in total. The van der Waals surface area contributed by atoms with E-state index in [0.717, 1.165) is 12.5 Å². The molecule has 1 aliphatic carbocycles. The number of amides is 1. The molecule has 1 aromatic carbocycles. The summed E-state index contributed by atoms with van der Waals surface area (Å²) in [7, 11) is 0. The second-order valence-electron chi connectivity index (χ2n) is 4.72. The van der Waals surface area contributed by atoms with Crippen LogP contribution >= 0.6 is 12.2 Å². The maximum absolute atomic E-state index is 11.9. The van der Waals surface area contributed by atoms with E-state index in [0.29, 0.717) is 29.3 Å². The second-order valence-corrected chi connectivity index (χ2v) is 5.16. The molecule has 1 aromatic rings. The summed E-state index contributed by atoms with van der Waals surface area (Å²) in [5, 5.41) is 2.81. The Bertz CT molecular complexity index is 472. The highest BCUT2D eigenvalue weighted by Crippen LogP contribution is 2.28. The largest absolute Gasteiger partial charge is 0.389 e. The van der Waals surface area contributed by atoms with Crippen LogP contribution in [0.4, 0.5) is 0 Å². The minimum atomic E-state index is -0.131. The fraction of sp³-hybridized carbons (Fsp3) is 0.429. The van der Waals surface area contributed by atoms with E-state index in [9.17, 15) is 4.79 Å². The number of nitrogens with one attached hydrogen (secondary N) is 1. The van der Waals surface area contributed by atoms with E-state index in [4.69, 9.17) is 22.7 Å². The van der Waals surface area contributed by atoms with Crippen molar-refractivity contribution in [2.24, 2.45) is 11.7 Å². The molecule has 1 amide bonds. The average molecular weight is 278 g/mol. The third kappa shape index (κ3) is 4.61. The first kappa shape index (κ1) is 14.0. The van der Waals surface area contributed by atoms with Gasteiger partial charge in [-0.25, -0.2) is 0 Å². The summed E-state index contributed by atoms with van der Waals surface area (Å²) < 4.78 is 5.45. The van der Waals surface area contributed by atoms with Crippen LogP contribution in [0.25, 0.3) is 0 Å². The highest BCUT2D eigenvalue weighted by molar-refractivity contribution is 7.80. The van der Waals surface area contributed by atoms with Crippen LogP contribution in [0.5, 0.6) is 0 Å². The topological polar surface area (TPSA) is 64.4 Å². The predicted molar refractivity (Wildman–Crippen MR) is 78.2 cm³/mol. The van der Waals surface area contributed by atoms with Crippen molar-refractivity contribution in [3.63, 3.8) is 0 Å². The molecule has 2 rings (SSSR count). The van der Waals surface area contributed by atoms with E-state index >= 15 is 0 Å². The maximum atomic E-state index is 11.9. The molecule has 19 heavy (non-hydrogen) atoms. The molecule has 5 heteroatoms. The van der Waals surface area contributed by atoms with Crippen molar-refractivity contribution in [3.8, 4) is 0 Å². The van der Waals surface area contributed by atoms with Gasteiger partial charge in [0.15, 0.2) is 0 Å². The zero-order valence-electron chi connectivity index (χ0n) is 10.7. The lowest BCUT2D eigenvalue weighted by molar-refractivity contribution is 0.0906. The van der Waals surface area contributed by atoms with Crippen LogP contribution in [0.1, 0.15) is 28.8 Å². The van der Waals surface area contributed by atoms with Crippen LogP contribution in [-0.2, 0) is 4.74 Å². The van der Waals surface area contributed by atoms with Crippen LogP contribution < -0.4 is 11.1 Å². The number of carbonyl (C=O) groups is 1. The van der Waals surface area contributed by atoms with Gasteiger partial charge in [0, 0.05) is 24.3 Å². The number of carbonyl (C=O) groups excluding carboxylic acids is 1. The molecule has 0 aromatic heterocycles. The molecule has 0 atom stereocenters. The van der Waals surface area contributed by atoms with Crippen molar-refractivity contribution in [1.82, 2.24) is 5.32 Å². The Hall–Kier alpha value is -1.46. The van der Waals surface area contributed by atoms with Gasteiger partial charge in [0.05, 0.1) is 6.61 Å². The Morgan fingerprint density at radius 2 is 2.16 bits per heavy atom. The molecular weight excluding hydrogens is 260 g/mol. The number of rotatable bonds is 7. The van der Waals surface area contributed by atoms with Crippen molar-refractivity contribution in [2.45, 2.75) is 12.8 Å². The fourth-order valence-corrected chi connectivity index (χ4v) is 1.81. The van der Waals surface area contributed by atoms with Gasteiger partial charge >= 0.3 is 0 Å². The molecule has 1 saturated carbocycles. The third-order valence-electron chi connectivity index (χ3n) is 2.99. The number of benzene rings is 1. The summed E-state index contributed by atoms with van der Waals surface area (Å²) in [6, 6.07) is 7.00. The van der Waals surface area contributed by atoms with Crippen molar-refractivity contribution in [2.75, 3.05) is 19.8 Å². The monoisotopic (exact) mass is 278 g/mol. The Balaban J connectivity index is 1.75. The molecule has 1 aliphatic rings. The van der Waals surface area contributed by atoms with E-state index in [1.165, 1.54) is 12.8 Å². The fourth-order valence-electron chi connectivity index (χ4n) is 1.69. The van der Waals surface area contributed by atoms with E-state index in [2.05, 4.69) is 5.32 Å². The summed E-state index contributed by atoms with van der Waals surface area (Å²) in [4.78, 5) is 12.2. The number of thiocarbonyl (C=S) groups is 1. The lowest BCUT2D eigenvalue weighted by Gasteiger charge is -2.07. The third-order valence-corrected chi connectivity index (χ3v) is 3.23. The van der Waals surface area contributed by atoms with Gasteiger partial charge in [-0.1, -0.05) is 24.4 Å². The summed E-state index contributed by atoms with van der Waals surface area (Å²) in [6.45, 7) is 1.88. The van der Waals surface area contributed by atoms with Crippen molar-refractivity contribution < 1.29 is 9.53 Å². The van der Waals surface area contributed by atoms with Gasteiger partial charge in [-0.15, -0.1) is 0 Å². The zero-order chi connectivity index (χ0) is 13.7. The first-order valence-corrected chi connectivity index (χ1v) is 6.83. The first-order chi connectivity index (χ1) is 9.16. The average Bonchev–Trinajstić information content (AvgIpc) is 3.22. The number of ether oxygens (including phenoxy) is 1. The second kappa shape index (κ2) is 6.63. The number of hydrogen-bond acceptors (Lipinski definition) is 3. The summed E-state index contributed by atoms with van der Waals surface area (Å²) in [5.41, 5.74) is 6.80. The van der Waals surface area contributed by atoms with Crippen LogP contribution in [0, 0.1) is 5.92 Å². The van der Waals surface area contributed by atoms with E-state index in [1.807, 2.05) is 0 Å². The first-order valence-electron chi connectivity index (χ1n) is 6.42. The van der Waals surface area contributed by atoms with Crippen LogP contribution in [0.2, 0.25) is 0 Å². The molecule has 0 heterocycles. The zero-order valence-corrected chi connectivity index (χ0v) is 11.5. The van der Waals surface area contributed by atoms with E-state index in [-0.39, 0.29) is 5.91 Å². The lowest BCUT2D eigenvalue weighted by atomic mass is 10.1. The quantitative estimate of drug-likeness (QED) is 0.586. The summed E-state index contributed by atoms with van der Waals surface area (Å²) >= 11 is 4.89. The lowest BCUT2D eigenvalue weighted by Crippen LogP contribution is -2.27. The highest BCUT2D eigenvalue weighted by Gasteiger charge is 2.20. The molecule has 0 radical (unpaired) electrons. The van der Waals surface area contributed by atoms with Crippen LogP contribution in [0.15, 0.2) is 24.3 Å². The minimum absolute atomic E-state index is 0.131. The van der Waals surface area contributed by atoms with Crippen molar-refractivity contribution >= 4 is 23.1 Å². The SMILES string of the molecule is NC(=S)c1cccc(C(=O)NCCOCC2CC2)c1. The molecule has 4 nitrogen and oxygen atoms in total. The van der Waals surface area contributed by atoms with Crippen molar-refractivity contribution in [1.29, 1.82) is 0 Å². The molecule has 0 bridgehead atoms. The Morgan fingerprint density at radius 3 is 2.84 bits per heavy atom. The molecule has 102 valence electrons. The van der Waals surface area contributed by atoms with E-state index < -0.39 is 0 Å². The molecule has 0 spiro atoms. The number of hydrogen-bond donors (Lipinski definition) is 2. The summed E-state index contributed by atoms with van der Waals surface area (Å²) in [6.07, 6.45) is 2.55. The molecule has 0 unspecified atom stereocenters. The Labute approximate surface area is 118 Å². The number of nitrogens with two attached hydrogens (primary N) is 1. The van der Waals surface area contributed by atoms with Gasteiger partial charge in [-0.3, -0.25) is 4.79 Å². The van der Waals surface area contributed by atoms with Crippen molar-refractivity contribution in [3.05, 3.63) is 35.4 Å². The van der Waals surface area contributed by atoms with Gasteiger partial charge in [-0.05, 0) is 30.9 Å².